The Labute approximate surface area is 128 Å². The summed E-state index contributed by atoms with van der Waals surface area (Å²) >= 11 is 1.54. The Morgan fingerprint density at radius 2 is 2.05 bits per heavy atom. The van der Waals surface area contributed by atoms with E-state index in [0.717, 1.165) is 16.7 Å². The molecule has 0 saturated heterocycles. The molecule has 1 amide bonds. The molecule has 1 aromatic carbocycles. The Bertz CT molecular complexity index is 710. The van der Waals surface area contributed by atoms with Crippen LogP contribution in [0.2, 0.25) is 0 Å². The lowest BCUT2D eigenvalue weighted by molar-refractivity contribution is -0.120. The van der Waals surface area contributed by atoms with Crippen molar-refractivity contribution in [2.75, 3.05) is 11.0 Å². The summed E-state index contributed by atoms with van der Waals surface area (Å²) in [5.41, 5.74) is 1.32. The number of carbonyl (C=O) groups is 1. The second-order valence-electron chi connectivity index (χ2n) is 4.61. The van der Waals surface area contributed by atoms with E-state index in [1.807, 2.05) is 23.6 Å². The number of thiophene rings is 1. The summed E-state index contributed by atoms with van der Waals surface area (Å²) in [7, 11) is -3.30. The Morgan fingerprint density at radius 1 is 1.24 bits per heavy atom. The van der Waals surface area contributed by atoms with E-state index in [0.29, 0.717) is 18.7 Å². The molecule has 0 saturated carbocycles. The lowest BCUT2D eigenvalue weighted by atomic mass is 10.2. The molecular formula is C14H16N2O3S2. The zero-order chi connectivity index (χ0) is 15.3. The van der Waals surface area contributed by atoms with Gasteiger partial charge >= 0.3 is 0 Å². The minimum Gasteiger partial charge on any atom is -0.352 e. The van der Waals surface area contributed by atoms with E-state index < -0.39 is 10.0 Å². The first-order valence-electron chi connectivity index (χ1n) is 6.28. The summed E-state index contributed by atoms with van der Waals surface area (Å²) in [5.74, 6) is -0.0566. The number of hydrogen-bond acceptors (Lipinski definition) is 4. The minimum atomic E-state index is -3.30. The average Bonchev–Trinajstić information content (AvgIpc) is 2.87. The van der Waals surface area contributed by atoms with Gasteiger partial charge in [0.1, 0.15) is 0 Å². The van der Waals surface area contributed by atoms with Crippen molar-refractivity contribution >= 4 is 33.0 Å². The molecule has 0 spiro atoms. The molecular weight excluding hydrogens is 308 g/mol. The van der Waals surface area contributed by atoms with Crippen molar-refractivity contribution in [1.82, 2.24) is 5.32 Å². The normalized spacial score (nSPS) is 11.1. The second-order valence-corrected chi connectivity index (χ2v) is 7.39. The molecule has 0 radical (unpaired) electrons. The minimum absolute atomic E-state index is 0.0566. The molecule has 0 atom stereocenters. The molecule has 0 aliphatic rings. The van der Waals surface area contributed by atoms with Gasteiger partial charge in [-0.1, -0.05) is 18.2 Å². The first kappa shape index (κ1) is 15.5. The van der Waals surface area contributed by atoms with Crippen LogP contribution in [-0.2, 0) is 27.8 Å². The Morgan fingerprint density at radius 3 is 2.71 bits per heavy atom. The van der Waals surface area contributed by atoms with E-state index in [1.54, 1.807) is 29.5 Å². The number of anilines is 1. The van der Waals surface area contributed by atoms with E-state index in [2.05, 4.69) is 10.0 Å². The largest absolute Gasteiger partial charge is 0.352 e. The molecule has 1 heterocycles. The maximum Gasteiger partial charge on any atom is 0.229 e. The lowest BCUT2D eigenvalue weighted by Gasteiger charge is -2.08. The molecule has 5 nitrogen and oxygen atoms in total. The second kappa shape index (κ2) is 6.73. The fraction of sp³-hybridized carbons (Fsp3) is 0.214. The van der Waals surface area contributed by atoms with E-state index in [9.17, 15) is 13.2 Å². The van der Waals surface area contributed by atoms with Crippen LogP contribution in [0.25, 0.3) is 0 Å². The quantitative estimate of drug-likeness (QED) is 0.853. The highest BCUT2D eigenvalue weighted by atomic mass is 32.2. The van der Waals surface area contributed by atoms with Crippen LogP contribution in [-0.4, -0.2) is 20.6 Å². The van der Waals surface area contributed by atoms with E-state index in [1.165, 1.54) is 0 Å². The fourth-order valence-corrected chi connectivity index (χ4v) is 3.05. The first-order chi connectivity index (χ1) is 9.92. The molecule has 0 aliphatic carbocycles. The Balaban J connectivity index is 1.91. The summed E-state index contributed by atoms with van der Waals surface area (Å²) in [6, 6.07) is 10.8. The van der Waals surface area contributed by atoms with Crippen molar-refractivity contribution in [3.63, 3.8) is 0 Å². The van der Waals surface area contributed by atoms with Crippen LogP contribution in [0.4, 0.5) is 5.69 Å². The maximum absolute atomic E-state index is 11.8. The molecule has 2 N–H and O–H groups in total. The molecule has 7 heteroatoms. The van der Waals surface area contributed by atoms with Crippen LogP contribution in [0, 0.1) is 0 Å². The summed E-state index contributed by atoms with van der Waals surface area (Å²) in [6.07, 6.45) is 1.46. The third-order valence-corrected chi connectivity index (χ3v) is 4.12. The van der Waals surface area contributed by atoms with Crippen LogP contribution in [0.1, 0.15) is 10.4 Å². The third kappa shape index (κ3) is 5.57. The van der Waals surface area contributed by atoms with Gasteiger partial charge in [0, 0.05) is 17.1 Å². The van der Waals surface area contributed by atoms with Crippen molar-refractivity contribution in [3.05, 3.63) is 52.2 Å². The van der Waals surface area contributed by atoms with Gasteiger partial charge in [-0.25, -0.2) is 8.42 Å². The van der Waals surface area contributed by atoms with Crippen LogP contribution in [0.15, 0.2) is 41.8 Å². The molecule has 2 aromatic rings. The zero-order valence-corrected chi connectivity index (χ0v) is 13.1. The van der Waals surface area contributed by atoms with Crippen molar-refractivity contribution in [2.24, 2.45) is 0 Å². The summed E-state index contributed by atoms with van der Waals surface area (Å²) in [4.78, 5) is 12.8. The number of benzene rings is 1. The lowest BCUT2D eigenvalue weighted by Crippen LogP contribution is -2.24. The van der Waals surface area contributed by atoms with E-state index in [4.69, 9.17) is 0 Å². The first-order valence-corrected chi connectivity index (χ1v) is 9.05. The summed E-state index contributed by atoms with van der Waals surface area (Å²) in [5, 5.41) is 4.75. The number of hydrogen-bond donors (Lipinski definition) is 2. The molecule has 0 aliphatic heterocycles. The van der Waals surface area contributed by atoms with Crippen LogP contribution in [0.3, 0.4) is 0 Å². The van der Waals surface area contributed by atoms with Crippen LogP contribution in [0.5, 0.6) is 0 Å². The van der Waals surface area contributed by atoms with Gasteiger partial charge in [0.15, 0.2) is 0 Å². The van der Waals surface area contributed by atoms with Crippen LogP contribution < -0.4 is 10.0 Å². The highest BCUT2D eigenvalue weighted by Crippen LogP contribution is 2.12. The molecule has 1 aromatic heterocycles. The Hall–Kier alpha value is -1.86. The van der Waals surface area contributed by atoms with Crippen molar-refractivity contribution < 1.29 is 13.2 Å². The SMILES string of the molecule is CS(=O)(=O)Nc1cccc(CNC(=O)Cc2cccs2)c1. The molecule has 112 valence electrons. The summed E-state index contributed by atoms with van der Waals surface area (Å²) < 4.78 is 24.8. The van der Waals surface area contributed by atoms with E-state index >= 15 is 0 Å². The van der Waals surface area contributed by atoms with Gasteiger partial charge in [-0.2, -0.15) is 0 Å². The number of sulfonamides is 1. The number of carbonyl (C=O) groups excluding carboxylic acids is 1. The highest BCUT2D eigenvalue weighted by Gasteiger charge is 2.05. The molecule has 0 unspecified atom stereocenters. The van der Waals surface area contributed by atoms with E-state index in [-0.39, 0.29) is 5.91 Å². The smallest absolute Gasteiger partial charge is 0.229 e. The zero-order valence-electron chi connectivity index (χ0n) is 11.5. The topological polar surface area (TPSA) is 75.3 Å². The molecule has 21 heavy (non-hydrogen) atoms. The predicted octanol–water partition coefficient (Wildman–Crippen LogP) is 1.98. The van der Waals surface area contributed by atoms with Crippen molar-refractivity contribution in [1.29, 1.82) is 0 Å². The maximum atomic E-state index is 11.8. The van der Waals surface area contributed by atoms with Gasteiger partial charge in [0.2, 0.25) is 15.9 Å². The molecule has 2 rings (SSSR count). The predicted molar refractivity (Wildman–Crippen MR) is 84.8 cm³/mol. The third-order valence-electron chi connectivity index (χ3n) is 2.63. The van der Waals surface area contributed by atoms with Gasteiger partial charge in [-0.15, -0.1) is 11.3 Å². The van der Waals surface area contributed by atoms with Crippen LogP contribution >= 0.6 is 11.3 Å². The van der Waals surface area contributed by atoms with Gasteiger partial charge < -0.3 is 5.32 Å². The van der Waals surface area contributed by atoms with Crippen molar-refractivity contribution in [3.8, 4) is 0 Å². The van der Waals surface area contributed by atoms with Gasteiger partial charge in [-0.3, -0.25) is 9.52 Å². The standard InChI is InChI=1S/C14H16N2O3S2/c1-21(18,19)16-12-5-2-4-11(8-12)10-15-14(17)9-13-6-3-7-20-13/h2-8,16H,9-10H2,1H3,(H,15,17). The highest BCUT2D eigenvalue weighted by molar-refractivity contribution is 7.92. The number of amides is 1. The number of rotatable bonds is 6. The monoisotopic (exact) mass is 324 g/mol. The number of nitrogens with one attached hydrogen (secondary N) is 2. The molecule has 0 fully saturated rings. The molecule has 0 bridgehead atoms. The summed E-state index contributed by atoms with van der Waals surface area (Å²) in [6.45, 7) is 0.365. The Kier molecular flexibility index (Phi) is 4.98. The van der Waals surface area contributed by atoms with Gasteiger partial charge in [0.25, 0.3) is 0 Å². The fourth-order valence-electron chi connectivity index (χ4n) is 1.79. The van der Waals surface area contributed by atoms with Gasteiger partial charge in [0.05, 0.1) is 12.7 Å². The average molecular weight is 324 g/mol. The van der Waals surface area contributed by atoms with Crippen molar-refractivity contribution in [2.45, 2.75) is 13.0 Å². The van der Waals surface area contributed by atoms with Gasteiger partial charge in [-0.05, 0) is 29.1 Å².